The Morgan fingerprint density at radius 3 is 2.61 bits per heavy atom. The van der Waals surface area contributed by atoms with E-state index in [1.807, 2.05) is 0 Å². The normalized spacial score (nSPS) is 36.4. The van der Waals surface area contributed by atoms with Crippen molar-refractivity contribution in [2.24, 2.45) is 5.73 Å². The van der Waals surface area contributed by atoms with E-state index in [0.717, 1.165) is 0 Å². The highest BCUT2D eigenvalue weighted by Gasteiger charge is 2.45. The lowest BCUT2D eigenvalue weighted by Crippen LogP contribution is -2.64. The second kappa shape index (κ2) is 6.98. The maximum Gasteiger partial charge on any atom is 0.217 e. The van der Waals surface area contributed by atoms with E-state index in [9.17, 15) is 15.0 Å². The molecule has 6 N–H and O–H groups in total. The lowest BCUT2D eigenvalue weighted by molar-refractivity contribution is -0.269. The Kier molecular flexibility index (Phi) is 5.93. The van der Waals surface area contributed by atoms with Gasteiger partial charge in [0.1, 0.15) is 24.4 Å². The summed E-state index contributed by atoms with van der Waals surface area (Å²) in [6.07, 6.45) is -4.52. The molecule has 0 bridgehead atoms. The molecule has 106 valence electrons. The summed E-state index contributed by atoms with van der Waals surface area (Å²) >= 11 is 0. The van der Waals surface area contributed by atoms with Crippen LogP contribution in [0.4, 0.5) is 0 Å². The molecule has 1 fully saturated rings. The Bertz CT molecular complexity index is 277. The van der Waals surface area contributed by atoms with Crippen LogP contribution in [0, 0.1) is 0 Å². The number of aliphatic hydroxyl groups is 3. The van der Waals surface area contributed by atoms with E-state index in [4.69, 9.17) is 20.3 Å². The van der Waals surface area contributed by atoms with Crippen LogP contribution in [-0.4, -0.2) is 71.6 Å². The number of carbonyl (C=O) groups is 1. The molecule has 8 heteroatoms. The maximum atomic E-state index is 11.0. The minimum Gasteiger partial charge on any atom is -0.394 e. The van der Waals surface area contributed by atoms with Gasteiger partial charge in [-0.15, -0.1) is 0 Å². The van der Waals surface area contributed by atoms with Crippen molar-refractivity contribution >= 4 is 5.91 Å². The molecule has 0 spiro atoms. The standard InChI is InChI=1S/C10H20N2O6/c1-5(14)12-7-9(16)8(15)6(4-13)18-10(7)17-3-2-11/h6-10,13,15-16H,2-4,11H2,1H3,(H,12,14)/t6-,7-,8-,9-,10-/m1/s1. The molecular formula is C10H20N2O6. The molecule has 0 saturated carbocycles. The summed E-state index contributed by atoms with van der Waals surface area (Å²) < 4.78 is 10.5. The number of aliphatic hydroxyl groups excluding tert-OH is 3. The first-order valence-corrected chi connectivity index (χ1v) is 5.72. The maximum absolute atomic E-state index is 11.0. The molecule has 1 heterocycles. The minimum absolute atomic E-state index is 0.168. The van der Waals surface area contributed by atoms with Crippen LogP contribution in [0.2, 0.25) is 0 Å². The van der Waals surface area contributed by atoms with Gasteiger partial charge in [0.25, 0.3) is 0 Å². The molecule has 1 rings (SSSR count). The van der Waals surface area contributed by atoms with E-state index >= 15 is 0 Å². The van der Waals surface area contributed by atoms with Gasteiger partial charge in [-0.2, -0.15) is 0 Å². The number of nitrogens with two attached hydrogens (primary N) is 1. The van der Waals surface area contributed by atoms with Crippen molar-refractivity contribution in [2.75, 3.05) is 19.8 Å². The van der Waals surface area contributed by atoms with Crippen LogP contribution in [-0.2, 0) is 14.3 Å². The molecule has 1 aliphatic rings. The number of hydrogen-bond donors (Lipinski definition) is 5. The topological polar surface area (TPSA) is 134 Å². The van der Waals surface area contributed by atoms with Crippen molar-refractivity contribution < 1.29 is 29.6 Å². The van der Waals surface area contributed by atoms with Crippen LogP contribution in [0.25, 0.3) is 0 Å². The summed E-state index contributed by atoms with van der Waals surface area (Å²) in [5.74, 6) is -0.390. The highest BCUT2D eigenvalue weighted by molar-refractivity contribution is 5.73. The van der Waals surface area contributed by atoms with E-state index in [0.29, 0.717) is 0 Å². The predicted molar refractivity (Wildman–Crippen MR) is 60.4 cm³/mol. The van der Waals surface area contributed by atoms with Gasteiger partial charge in [0.05, 0.1) is 13.2 Å². The Morgan fingerprint density at radius 1 is 1.44 bits per heavy atom. The highest BCUT2D eigenvalue weighted by atomic mass is 16.7. The van der Waals surface area contributed by atoms with Crippen LogP contribution >= 0.6 is 0 Å². The summed E-state index contributed by atoms with van der Waals surface area (Å²) in [7, 11) is 0. The molecule has 0 unspecified atom stereocenters. The lowest BCUT2D eigenvalue weighted by Gasteiger charge is -2.42. The zero-order valence-electron chi connectivity index (χ0n) is 10.2. The van der Waals surface area contributed by atoms with Gasteiger partial charge in [-0.3, -0.25) is 4.79 Å². The summed E-state index contributed by atoms with van der Waals surface area (Å²) in [5, 5.41) is 31.1. The van der Waals surface area contributed by atoms with E-state index in [-0.39, 0.29) is 13.2 Å². The molecule has 1 saturated heterocycles. The van der Waals surface area contributed by atoms with Crippen LogP contribution in [0.3, 0.4) is 0 Å². The molecule has 0 aromatic heterocycles. The first kappa shape index (κ1) is 15.3. The molecule has 5 atom stereocenters. The van der Waals surface area contributed by atoms with Gasteiger partial charge in [-0.05, 0) is 0 Å². The number of ether oxygens (including phenoxy) is 2. The number of rotatable bonds is 5. The van der Waals surface area contributed by atoms with Crippen molar-refractivity contribution in [3.8, 4) is 0 Å². The second-order valence-corrected chi connectivity index (χ2v) is 4.09. The number of hydrogen-bond acceptors (Lipinski definition) is 7. The zero-order valence-corrected chi connectivity index (χ0v) is 10.2. The summed E-state index contributed by atoms with van der Waals surface area (Å²) in [6.45, 7) is 1.22. The third-order valence-electron chi connectivity index (χ3n) is 2.65. The van der Waals surface area contributed by atoms with E-state index in [1.165, 1.54) is 6.92 Å². The van der Waals surface area contributed by atoms with Gasteiger partial charge in [-0.25, -0.2) is 0 Å². The van der Waals surface area contributed by atoms with Gasteiger partial charge >= 0.3 is 0 Å². The second-order valence-electron chi connectivity index (χ2n) is 4.09. The van der Waals surface area contributed by atoms with Crippen LogP contribution in [0.1, 0.15) is 6.92 Å². The SMILES string of the molecule is CC(=O)N[C@H]1[C@H](OCCN)O[C@H](CO)[C@@H](O)[C@@H]1O. The Morgan fingerprint density at radius 2 is 2.11 bits per heavy atom. The van der Waals surface area contributed by atoms with Gasteiger partial charge < -0.3 is 35.8 Å². The Hall–Kier alpha value is -0.770. The molecule has 1 aliphatic heterocycles. The third kappa shape index (κ3) is 3.61. The molecule has 1 amide bonds. The Balaban J connectivity index is 2.76. The first-order valence-electron chi connectivity index (χ1n) is 5.72. The fraction of sp³-hybridized carbons (Fsp3) is 0.900. The fourth-order valence-corrected chi connectivity index (χ4v) is 1.80. The summed E-state index contributed by atoms with van der Waals surface area (Å²) in [6, 6.07) is -0.910. The Labute approximate surface area is 105 Å². The monoisotopic (exact) mass is 264 g/mol. The highest BCUT2D eigenvalue weighted by Crippen LogP contribution is 2.21. The lowest BCUT2D eigenvalue weighted by atomic mass is 9.97. The van der Waals surface area contributed by atoms with Crippen molar-refractivity contribution in [2.45, 2.75) is 37.6 Å². The van der Waals surface area contributed by atoms with Crippen molar-refractivity contribution in [3.63, 3.8) is 0 Å². The third-order valence-corrected chi connectivity index (χ3v) is 2.65. The molecule has 0 aromatic rings. The average molecular weight is 264 g/mol. The van der Waals surface area contributed by atoms with Crippen LogP contribution < -0.4 is 11.1 Å². The predicted octanol–water partition coefficient (Wildman–Crippen LogP) is -3.09. The van der Waals surface area contributed by atoms with Gasteiger partial charge in [0.15, 0.2) is 6.29 Å². The van der Waals surface area contributed by atoms with Crippen molar-refractivity contribution in [1.82, 2.24) is 5.32 Å². The van der Waals surface area contributed by atoms with Gasteiger partial charge in [0, 0.05) is 13.5 Å². The van der Waals surface area contributed by atoms with E-state index in [2.05, 4.69) is 5.32 Å². The number of amides is 1. The quantitative estimate of drug-likeness (QED) is 0.355. The van der Waals surface area contributed by atoms with Gasteiger partial charge in [-0.1, -0.05) is 0 Å². The molecule has 0 aromatic carbocycles. The largest absolute Gasteiger partial charge is 0.394 e. The minimum atomic E-state index is -1.30. The fourth-order valence-electron chi connectivity index (χ4n) is 1.80. The number of carbonyl (C=O) groups excluding carboxylic acids is 1. The van der Waals surface area contributed by atoms with E-state index in [1.54, 1.807) is 0 Å². The summed E-state index contributed by atoms with van der Waals surface area (Å²) in [4.78, 5) is 11.0. The molecule has 8 nitrogen and oxygen atoms in total. The van der Waals surface area contributed by atoms with Gasteiger partial charge in [0.2, 0.25) is 5.91 Å². The molecule has 0 aliphatic carbocycles. The number of nitrogens with one attached hydrogen (secondary N) is 1. The zero-order chi connectivity index (χ0) is 13.7. The molecule has 18 heavy (non-hydrogen) atoms. The first-order chi connectivity index (χ1) is 8.51. The molecular weight excluding hydrogens is 244 g/mol. The smallest absolute Gasteiger partial charge is 0.217 e. The van der Waals surface area contributed by atoms with Crippen molar-refractivity contribution in [3.05, 3.63) is 0 Å². The summed E-state index contributed by atoms with van der Waals surface area (Å²) in [5.41, 5.74) is 5.29. The van der Waals surface area contributed by atoms with E-state index < -0.39 is 43.2 Å². The van der Waals surface area contributed by atoms with Crippen LogP contribution in [0.5, 0.6) is 0 Å². The average Bonchev–Trinajstić information content (AvgIpc) is 2.33. The molecule has 0 radical (unpaired) electrons. The van der Waals surface area contributed by atoms with Crippen molar-refractivity contribution in [1.29, 1.82) is 0 Å². The van der Waals surface area contributed by atoms with Crippen LogP contribution in [0.15, 0.2) is 0 Å².